The number of nitrogens with zero attached hydrogens (tertiary/aromatic N) is 15. The minimum Gasteiger partial charge on any atom is -0.507 e. The fourth-order valence-corrected chi connectivity index (χ4v) is 17.5. The van der Waals surface area contributed by atoms with Gasteiger partial charge in [-0.1, -0.05) is 81.4 Å². The summed E-state index contributed by atoms with van der Waals surface area (Å²) in [6, 6.07) is 23.4. The first-order valence-corrected chi connectivity index (χ1v) is 40.0. The largest absolute Gasteiger partial charge is 0.507 e. The molecule has 2 N–H and O–H groups in total. The number of carbonyl (C=O) groups is 3. The van der Waals surface area contributed by atoms with Crippen molar-refractivity contribution in [1.29, 1.82) is 0 Å². The Kier molecular flexibility index (Phi) is 21.0. The van der Waals surface area contributed by atoms with E-state index >= 15 is 22.4 Å². The first-order chi connectivity index (χ1) is 56.3. The van der Waals surface area contributed by atoms with Gasteiger partial charge in [-0.25, -0.2) is 60.6 Å². The molecule has 0 radical (unpaired) electrons. The predicted octanol–water partition coefficient (Wildman–Crippen LogP) is 13.7. The van der Waals surface area contributed by atoms with E-state index in [2.05, 4.69) is 26.5 Å². The van der Waals surface area contributed by atoms with E-state index in [0.717, 1.165) is 66.1 Å². The molecule has 5 aromatic carbocycles. The number of halogens is 5. The second-order valence-corrected chi connectivity index (χ2v) is 31.4. The maximum atomic E-state index is 16.7. The van der Waals surface area contributed by atoms with Crippen LogP contribution in [0.2, 0.25) is 5.02 Å². The molecule has 0 spiro atoms. The normalized spacial score (nSPS) is 17.4. The number of pyridine rings is 3. The van der Waals surface area contributed by atoms with Crippen molar-refractivity contribution in [2.24, 2.45) is 0 Å². The van der Waals surface area contributed by atoms with Crippen LogP contribution in [-0.4, -0.2) is 163 Å². The molecular formula is C89H86ClF4N15O8. The topological polar surface area (TPSA) is 254 Å². The summed E-state index contributed by atoms with van der Waals surface area (Å²) in [5.41, 5.74) is 4.33. The van der Waals surface area contributed by atoms with Crippen molar-refractivity contribution in [3.05, 3.63) is 232 Å². The molecule has 0 unspecified atom stereocenters. The molecule has 16 rings (SSSR count). The van der Waals surface area contributed by atoms with Crippen LogP contribution >= 0.6 is 11.6 Å². The molecule has 3 atom stereocenters. The van der Waals surface area contributed by atoms with Crippen LogP contribution in [0.3, 0.4) is 0 Å². The highest BCUT2D eigenvalue weighted by atomic mass is 35.5. The summed E-state index contributed by atoms with van der Waals surface area (Å²) in [5.74, 6) is -4.81. The summed E-state index contributed by atoms with van der Waals surface area (Å²) in [6.45, 7) is 20.9. The van der Waals surface area contributed by atoms with Crippen molar-refractivity contribution in [2.75, 3.05) is 73.6 Å². The van der Waals surface area contributed by atoms with Gasteiger partial charge in [-0.05, 0) is 203 Å². The number of fused-ring (bicyclic) bond motifs is 3. The molecule has 3 aliphatic heterocycles. The van der Waals surface area contributed by atoms with Crippen LogP contribution in [-0.2, 0) is 33.6 Å². The van der Waals surface area contributed by atoms with Gasteiger partial charge in [0.05, 0.1) is 55.1 Å². The van der Waals surface area contributed by atoms with Crippen LogP contribution in [0.1, 0.15) is 129 Å². The third-order valence-corrected chi connectivity index (χ3v) is 23.7. The van der Waals surface area contributed by atoms with E-state index < -0.39 is 86.4 Å². The van der Waals surface area contributed by atoms with Crippen molar-refractivity contribution in [1.82, 2.24) is 58.3 Å². The van der Waals surface area contributed by atoms with E-state index in [4.69, 9.17) is 21.6 Å². The van der Waals surface area contributed by atoms with Crippen molar-refractivity contribution >= 4 is 92.0 Å². The molecule has 0 bridgehead atoms. The van der Waals surface area contributed by atoms with Crippen LogP contribution in [0.15, 0.2) is 136 Å². The van der Waals surface area contributed by atoms with Gasteiger partial charge in [0.2, 0.25) is 17.7 Å². The number of anilines is 3. The third-order valence-electron chi connectivity index (χ3n) is 23.4. The molecule has 9 heterocycles. The molecule has 5 fully saturated rings. The monoisotopic (exact) mass is 1600 g/mol. The lowest BCUT2D eigenvalue weighted by atomic mass is 9.98. The van der Waals surface area contributed by atoms with Crippen molar-refractivity contribution in [3.8, 4) is 51.1 Å². The Hall–Kier alpha value is -12.4. The Balaban J connectivity index is 0.659. The van der Waals surface area contributed by atoms with Crippen LogP contribution in [0.5, 0.6) is 11.5 Å². The molecule has 600 valence electrons. The number of rotatable bonds is 18. The number of aromatic hydroxyl groups is 2. The van der Waals surface area contributed by atoms with E-state index in [-0.39, 0.29) is 128 Å². The Labute approximate surface area is 675 Å². The minimum absolute atomic E-state index is 0.0322. The maximum absolute atomic E-state index is 16.7. The number of phenolic OH excluding ortho intramolecular Hbond substituents is 2. The second kappa shape index (κ2) is 31.3. The molecular weight excluding hydrogens is 1520 g/mol. The maximum Gasteiger partial charge on any atom is 0.355 e. The van der Waals surface area contributed by atoms with Gasteiger partial charge in [-0.3, -0.25) is 14.4 Å². The van der Waals surface area contributed by atoms with Crippen LogP contribution < -0.4 is 31.8 Å². The predicted molar refractivity (Wildman–Crippen MR) is 444 cm³/mol. The summed E-state index contributed by atoms with van der Waals surface area (Å²) in [5, 5.41) is 23.1. The number of aryl methyl sites for hydroxylation is 4. The summed E-state index contributed by atoms with van der Waals surface area (Å²) in [4.78, 5) is 126. The minimum atomic E-state index is -0.982. The summed E-state index contributed by atoms with van der Waals surface area (Å²) < 4.78 is 68.7. The Morgan fingerprint density at radius 2 is 0.932 bits per heavy atom. The molecule has 117 heavy (non-hydrogen) atoms. The highest BCUT2D eigenvalue weighted by molar-refractivity contribution is 6.32. The van der Waals surface area contributed by atoms with E-state index in [1.165, 1.54) is 57.7 Å². The van der Waals surface area contributed by atoms with Crippen molar-refractivity contribution in [3.63, 3.8) is 0 Å². The average molecular weight is 1610 g/mol. The number of piperazine rings is 3. The van der Waals surface area contributed by atoms with Gasteiger partial charge in [0.1, 0.15) is 52.0 Å². The van der Waals surface area contributed by atoms with Crippen LogP contribution in [0.25, 0.3) is 84.8 Å². The van der Waals surface area contributed by atoms with Crippen molar-refractivity contribution < 1.29 is 42.2 Å². The Morgan fingerprint density at radius 1 is 0.496 bits per heavy atom. The molecule has 23 nitrogen and oxygen atoms in total. The van der Waals surface area contributed by atoms with Gasteiger partial charge in [0.25, 0.3) is 0 Å². The molecule has 5 aliphatic rings. The Bertz CT molecular complexity index is 6190. The van der Waals surface area contributed by atoms with Gasteiger partial charge in [0, 0.05) is 95.1 Å². The lowest BCUT2D eigenvalue weighted by molar-refractivity contribution is -0.127. The molecule has 3 amide bonds. The van der Waals surface area contributed by atoms with Gasteiger partial charge in [0.15, 0.2) is 28.6 Å². The average Bonchev–Trinajstić information content (AvgIpc) is 1.73. The highest BCUT2D eigenvalue weighted by Crippen LogP contribution is 2.47. The van der Waals surface area contributed by atoms with Gasteiger partial charge in [-0.15, -0.1) is 0 Å². The number of phenols is 2. The molecule has 2 aliphatic carbocycles. The van der Waals surface area contributed by atoms with Crippen LogP contribution in [0.4, 0.5) is 35.0 Å². The van der Waals surface area contributed by atoms with E-state index in [1.807, 2.05) is 101 Å². The van der Waals surface area contributed by atoms with E-state index in [9.17, 15) is 34.2 Å². The first-order valence-electron chi connectivity index (χ1n) is 39.7. The first kappa shape index (κ1) is 78.5. The van der Waals surface area contributed by atoms with Gasteiger partial charge < -0.3 is 39.6 Å². The highest BCUT2D eigenvalue weighted by Gasteiger charge is 2.38. The number of hydrogen-bond acceptors (Lipinski definition) is 17. The number of hydrogen-bond donors (Lipinski definition) is 2. The zero-order chi connectivity index (χ0) is 82.4. The lowest BCUT2D eigenvalue weighted by Crippen LogP contribution is -2.54. The van der Waals surface area contributed by atoms with Crippen LogP contribution in [0, 0.1) is 37.1 Å². The zero-order valence-corrected chi connectivity index (χ0v) is 66.7. The lowest BCUT2D eigenvalue weighted by Gasteiger charge is -2.40. The molecule has 3 saturated heterocycles. The number of benzene rings is 5. The third kappa shape index (κ3) is 14.3. The number of aromatic nitrogens is 9. The number of carbonyl (C=O) groups excluding carboxylic acids is 3. The summed E-state index contributed by atoms with van der Waals surface area (Å²) in [6.07, 6.45) is 12.5. The Morgan fingerprint density at radius 3 is 1.38 bits per heavy atom. The second-order valence-electron chi connectivity index (χ2n) is 31.0. The molecule has 6 aromatic heterocycles. The molecule has 2 saturated carbocycles. The fourth-order valence-electron chi connectivity index (χ4n) is 17.2. The van der Waals surface area contributed by atoms with Crippen molar-refractivity contribution in [2.45, 2.75) is 130 Å². The smallest absolute Gasteiger partial charge is 0.355 e. The zero-order valence-electron chi connectivity index (χ0n) is 66.0. The SMILES string of the molecule is C=CC(=O)N1CCN(c2nc(=O)n(-c3c(C)ccc(/C=C/C(=O)N4CCN(c5nc(=O)n(-c6c(CC)cc(/C=C\C(=O)N7CCN(c8nc(=O)n(-c9c(C)cccc9C9CC9)c9nc(-c%10c(O)cccc%10F)c(F)cc89)[C@@H](C)C7)cc6CC)c6nc(C7CC7)c(Cl)cc56)[C@@H](C)C4)c3CC)c3nc(-c4c(O)cccc4F)c(F)cc23)[C@@H](C)C1. The van der Waals surface area contributed by atoms with E-state index in [1.54, 1.807) is 49.3 Å². The molecule has 11 aromatic rings. The summed E-state index contributed by atoms with van der Waals surface area (Å²) in [7, 11) is 0. The van der Waals surface area contributed by atoms with Gasteiger partial charge >= 0.3 is 17.1 Å². The fraction of sp³-hybridized carbons (Fsp3) is 0.326. The summed E-state index contributed by atoms with van der Waals surface area (Å²) >= 11 is 7.17. The van der Waals surface area contributed by atoms with E-state index in [0.29, 0.717) is 86.1 Å². The number of para-hydroxylation sites is 1. The quantitative estimate of drug-likeness (QED) is 0.0598. The number of amides is 3. The van der Waals surface area contributed by atoms with Gasteiger partial charge in [-0.2, -0.15) is 15.0 Å². The molecule has 28 heteroatoms. The standard InChI is InChI=1S/C89H86ClF4N15O8/c1-10-53-39-52(24-31-71(113)102-34-38-106(51(9)45-102)83-62-43-67(94)77(74-65(92)20-16-22-69(74)111)97-86(62)108(88(116)100-83)79-47(5)17-14-18-59(79)56-26-27-56)40-54(11-2)80(53)109-84-60(41-63(90)75(95-84)57-28-29-57)81(98-89(109)117)104-37-35-103(46-50(104)8)72(114)32-30-55-25-23-48(6)78(58(55)12-3)107-85-61(42-66(93)76(96-85)73-64(91)19-15-21-68(73)110)82(99-87(107)115)105-36-33-101(44-49(105)7)70(112)13-4/h13-25,30-32,39-43,49-51,56-57,110-111H,4,10-12,26-29,33-38,44-46H2,1-3,5-9H3/b31-24-,32-30+/t49-,50-,51-/m0/s1.